The van der Waals surface area contributed by atoms with Crippen molar-refractivity contribution in [2.24, 2.45) is 5.73 Å². The van der Waals surface area contributed by atoms with Crippen LogP contribution in [-0.4, -0.2) is 6.61 Å². The summed E-state index contributed by atoms with van der Waals surface area (Å²) in [4.78, 5) is 0. The van der Waals surface area contributed by atoms with Crippen LogP contribution in [0, 0.1) is 11.6 Å². The molecule has 0 amide bonds. The van der Waals surface area contributed by atoms with Crippen molar-refractivity contribution in [3.63, 3.8) is 0 Å². The zero-order chi connectivity index (χ0) is 14.7. The first-order chi connectivity index (χ1) is 9.51. The molecule has 2 rings (SSSR count). The van der Waals surface area contributed by atoms with Gasteiger partial charge >= 0.3 is 0 Å². The van der Waals surface area contributed by atoms with E-state index in [0.29, 0.717) is 23.5 Å². The molecule has 0 aliphatic rings. The fourth-order valence-corrected chi connectivity index (χ4v) is 2.36. The molecule has 0 saturated heterocycles. The Morgan fingerprint density at radius 3 is 2.40 bits per heavy atom. The number of nitrogens with two attached hydrogens (primary N) is 1. The fourth-order valence-electron chi connectivity index (χ4n) is 1.98. The summed E-state index contributed by atoms with van der Waals surface area (Å²) in [5.41, 5.74) is 7.15. The van der Waals surface area contributed by atoms with Gasteiger partial charge in [-0.05, 0) is 42.8 Å². The summed E-state index contributed by atoms with van der Waals surface area (Å²) in [6.07, 6.45) is 0. The Balaban J connectivity index is 2.46. The van der Waals surface area contributed by atoms with Crippen LogP contribution < -0.4 is 10.5 Å². The quantitative estimate of drug-likeness (QED) is 0.905. The largest absolute Gasteiger partial charge is 0.494 e. The van der Waals surface area contributed by atoms with Gasteiger partial charge in [0.1, 0.15) is 17.4 Å². The molecule has 0 heterocycles. The molecule has 0 fully saturated rings. The second-order valence-corrected chi connectivity index (χ2v) is 5.21. The Labute approximate surface area is 124 Å². The van der Waals surface area contributed by atoms with Crippen LogP contribution in [0.3, 0.4) is 0 Å². The third kappa shape index (κ3) is 3.35. The van der Waals surface area contributed by atoms with Gasteiger partial charge in [0.25, 0.3) is 0 Å². The topological polar surface area (TPSA) is 35.2 Å². The van der Waals surface area contributed by atoms with E-state index in [1.54, 1.807) is 12.1 Å². The van der Waals surface area contributed by atoms with Gasteiger partial charge in [-0.15, -0.1) is 0 Å². The molecule has 2 N–H and O–H groups in total. The first-order valence-corrected chi connectivity index (χ1v) is 6.94. The van der Waals surface area contributed by atoms with Gasteiger partial charge in [0.15, 0.2) is 0 Å². The van der Waals surface area contributed by atoms with Crippen LogP contribution in [-0.2, 0) is 0 Å². The summed E-state index contributed by atoms with van der Waals surface area (Å²) in [6.45, 7) is 2.35. The average Bonchev–Trinajstić information content (AvgIpc) is 2.39. The SMILES string of the molecule is CCOc1ccc(Br)cc1C(N)c1cc(F)cc(F)c1. The fraction of sp³-hybridized carbons (Fsp3) is 0.200. The van der Waals surface area contributed by atoms with E-state index in [-0.39, 0.29) is 0 Å². The molecule has 0 aliphatic heterocycles. The molecule has 5 heteroatoms. The van der Waals surface area contributed by atoms with E-state index < -0.39 is 17.7 Å². The van der Waals surface area contributed by atoms with Gasteiger partial charge in [-0.2, -0.15) is 0 Å². The monoisotopic (exact) mass is 341 g/mol. The lowest BCUT2D eigenvalue weighted by Crippen LogP contribution is -2.14. The molecule has 0 spiro atoms. The first-order valence-electron chi connectivity index (χ1n) is 6.15. The number of ether oxygens (including phenoxy) is 1. The van der Waals surface area contributed by atoms with E-state index in [9.17, 15) is 8.78 Å². The van der Waals surface area contributed by atoms with Gasteiger partial charge in [-0.1, -0.05) is 15.9 Å². The normalized spacial score (nSPS) is 12.2. The van der Waals surface area contributed by atoms with Crippen LogP contribution in [0.1, 0.15) is 24.1 Å². The summed E-state index contributed by atoms with van der Waals surface area (Å²) < 4.78 is 32.9. The molecule has 2 aromatic rings. The van der Waals surface area contributed by atoms with Crippen molar-refractivity contribution in [3.8, 4) is 5.75 Å². The lowest BCUT2D eigenvalue weighted by Gasteiger charge is -2.17. The lowest BCUT2D eigenvalue weighted by atomic mass is 9.98. The third-order valence-electron chi connectivity index (χ3n) is 2.85. The first kappa shape index (κ1) is 14.9. The molecule has 0 aliphatic carbocycles. The summed E-state index contributed by atoms with van der Waals surface area (Å²) in [5.74, 6) is -0.695. The highest BCUT2D eigenvalue weighted by atomic mass is 79.9. The van der Waals surface area contributed by atoms with Crippen LogP contribution in [0.15, 0.2) is 40.9 Å². The van der Waals surface area contributed by atoms with Crippen molar-refractivity contribution in [2.75, 3.05) is 6.61 Å². The van der Waals surface area contributed by atoms with Crippen LogP contribution in [0.25, 0.3) is 0 Å². The molecule has 0 radical (unpaired) electrons. The van der Waals surface area contributed by atoms with Crippen molar-refractivity contribution >= 4 is 15.9 Å². The Kier molecular flexibility index (Phi) is 4.73. The highest BCUT2D eigenvalue weighted by Crippen LogP contribution is 2.31. The van der Waals surface area contributed by atoms with Gasteiger partial charge < -0.3 is 10.5 Å². The van der Waals surface area contributed by atoms with E-state index in [4.69, 9.17) is 10.5 Å². The van der Waals surface area contributed by atoms with E-state index in [1.165, 1.54) is 12.1 Å². The number of hydrogen-bond donors (Lipinski definition) is 1. The van der Waals surface area contributed by atoms with Gasteiger partial charge in [0.05, 0.1) is 12.6 Å². The Morgan fingerprint density at radius 2 is 1.80 bits per heavy atom. The maximum absolute atomic E-state index is 13.3. The predicted molar refractivity (Wildman–Crippen MR) is 77.7 cm³/mol. The van der Waals surface area contributed by atoms with E-state index in [0.717, 1.165) is 10.5 Å². The zero-order valence-corrected chi connectivity index (χ0v) is 12.5. The molecule has 1 atom stereocenters. The lowest BCUT2D eigenvalue weighted by molar-refractivity contribution is 0.335. The third-order valence-corrected chi connectivity index (χ3v) is 3.34. The van der Waals surface area contributed by atoms with E-state index >= 15 is 0 Å². The minimum atomic E-state index is -0.667. The van der Waals surface area contributed by atoms with Gasteiger partial charge in [-0.25, -0.2) is 8.78 Å². The molecular formula is C15H14BrF2NO. The van der Waals surface area contributed by atoms with Crippen LogP contribution in [0.5, 0.6) is 5.75 Å². The van der Waals surface area contributed by atoms with E-state index in [1.807, 2.05) is 13.0 Å². The maximum atomic E-state index is 13.3. The van der Waals surface area contributed by atoms with Crippen molar-refractivity contribution in [3.05, 3.63) is 63.6 Å². The highest BCUT2D eigenvalue weighted by molar-refractivity contribution is 9.10. The average molecular weight is 342 g/mol. The summed E-state index contributed by atoms with van der Waals surface area (Å²) in [7, 11) is 0. The van der Waals surface area contributed by atoms with Gasteiger partial charge in [-0.3, -0.25) is 0 Å². The van der Waals surface area contributed by atoms with Crippen molar-refractivity contribution in [1.82, 2.24) is 0 Å². The molecule has 20 heavy (non-hydrogen) atoms. The molecular weight excluding hydrogens is 328 g/mol. The van der Waals surface area contributed by atoms with Gasteiger partial charge in [0, 0.05) is 16.1 Å². The standard InChI is InChI=1S/C15H14BrF2NO/c1-2-20-14-4-3-10(16)7-13(14)15(19)9-5-11(17)8-12(18)6-9/h3-8,15H,2,19H2,1H3. The Hall–Kier alpha value is -1.46. The van der Waals surface area contributed by atoms with E-state index in [2.05, 4.69) is 15.9 Å². The molecule has 1 unspecified atom stereocenters. The summed E-state index contributed by atoms with van der Waals surface area (Å²) in [6, 6.07) is 8.00. The zero-order valence-electron chi connectivity index (χ0n) is 10.9. The van der Waals surface area contributed by atoms with Crippen molar-refractivity contribution in [1.29, 1.82) is 0 Å². The van der Waals surface area contributed by atoms with Crippen LogP contribution in [0.4, 0.5) is 8.78 Å². The van der Waals surface area contributed by atoms with Crippen LogP contribution >= 0.6 is 15.9 Å². The van der Waals surface area contributed by atoms with Crippen molar-refractivity contribution < 1.29 is 13.5 Å². The summed E-state index contributed by atoms with van der Waals surface area (Å²) >= 11 is 3.36. The maximum Gasteiger partial charge on any atom is 0.126 e. The van der Waals surface area contributed by atoms with Gasteiger partial charge in [0.2, 0.25) is 0 Å². The number of hydrogen-bond acceptors (Lipinski definition) is 2. The Bertz CT molecular complexity index is 599. The highest BCUT2D eigenvalue weighted by Gasteiger charge is 2.16. The smallest absolute Gasteiger partial charge is 0.126 e. The second-order valence-electron chi connectivity index (χ2n) is 4.30. The minimum absolute atomic E-state index is 0.363. The number of rotatable bonds is 4. The number of benzene rings is 2. The second kappa shape index (κ2) is 6.33. The molecule has 0 bridgehead atoms. The molecule has 2 nitrogen and oxygen atoms in total. The molecule has 0 aromatic heterocycles. The minimum Gasteiger partial charge on any atom is -0.494 e. The van der Waals surface area contributed by atoms with Crippen molar-refractivity contribution in [2.45, 2.75) is 13.0 Å². The predicted octanol–water partition coefficient (Wildman–Crippen LogP) is 4.17. The molecule has 0 saturated carbocycles. The van der Waals surface area contributed by atoms with Crippen LogP contribution in [0.2, 0.25) is 0 Å². The number of halogens is 3. The Morgan fingerprint density at radius 1 is 1.15 bits per heavy atom. The molecule has 2 aromatic carbocycles. The summed E-state index contributed by atoms with van der Waals surface area (Å²) in [5, 5.41) is 0. The molecule has 106 valence electrons.